The van der Waals surface area contributed by atoms with Gasteiger partial charge >= 0.3 is 5.97 Å². The summed E-state index contributed by atoms with van der Waals surface area (Å²) in [5.41, 5.74) is 0.784. The zero-order valence-electron chi connectivity index (χ0n) is 26.5. The van der Waals surface area contributed by atoms with Gasteiger partial charge in [-0.25, -0.2) is 4.79 Å². The van der Waals surface area contributed by atoms with Crippen molar-refractivity contribution in [2.45, 2.75) is 91.1 Å². The number of hydrogen-bond donors (Lipinski definition) is 3. The topological polar surface area (TPSA) is 148 Å². The largest absolute Gasteiger partial charge is 0.460 e. The molecule has 5 atom stereocenters. The molecule has 3 N–H and O–H groups in total. The van der Waals surface area contributed by atoms with E-state index in [0.29, 0.717) is 18.4 Å². The molecule has 240 valence electrons. The van der Waals surface area contributed by atoms with Crippen molar-refractivity contribution in [1.29, 1.82) is 0 Å². The molecule has 0 unspecified atom stereocenters. The molecule has 10 heteroatoms. The van der Waals surface area contributed by atoms with E-state index in [1.54, 1.807) is 57.2 Å². The number of Topliss-reactive ketones (excluding diaryl/α,β-unsaturated/α-hetero) is 1. The number of allylic oxidation sites excluding steroid dienone is 8. The predicted octanol–water partition coefficient (Wildman–Crippen LogP) is 3.73. The van der Waals surface area contributed by atoms with E-state index in [4.69, 9.17) is 9.47 Å². The van der Waals surface area contributed by atoms with E-state index in [1.165, 1.54) is 13.2 Å². The van der Waals surface area contributed by atoms with Crippen molar-refractivity contribution >= 4 is 29.4 Å². The molecule has 0 saturated heterocycles. The number of hydrogen-bond acceptors (Lipinski definition) is 8. The van der Waals surface area contributed by atoms with Gasteiger partial charge in [-0.05, 0) is 44.3 Å². The molecule has 10 nitrogen and oxygen atoms in total. The van der Waals surface area contributed by atoms with Crippen LogP contribution in [0.4, 0.5) is 0 Å². The predicted molar refractivity (Wildman–Crippen MR) is 167 cm³/mol. The molecule has 1 heterocycles. The molecule has 0 aromatic rings. The van der Waals surface area contributed by atoms with Gasteiger partial charge in [0.15, 0.2) is 5.78 Å². The number of rotatable bonds is 6. The Morgan fingerprint density at radius 3 is 2.48 bits per heavy atom. The third-order valence-electron chi connectivity index (χ3n) is 7.29. The van der Waals surface area contributed by atoms with Crippen LogP contribution < -0.4 is 10.6 Å². The van der Waals surface area contributed by atoms with Crippen molar-refractivity contribution in [2.24, 2.45) is 11.8 Å². The van der Waals surface area contributed by atoms with Gasteiger partial charge in [0, 0.05) is 37.5 Å². The molecule has 2 bridgehead atoms. The van der Waals surface area contributed by atoms with Crippen LogP contribution in [0.5, 0.6) is 0 Å². The summed E-state index contributed by atoms with van der Waals surface area (Å²) >= 11 is 0. The second kappa shape index (κ2) is 18.0. The first-order chi connectivity index (χ1) is 20.8. The lowest BCUT2D eigenvalue weighted by atomic mass is 9.90. The normalized spacial score (nSPS) is 24.8. The molecule has 0 aromatic carbocycles. The van der Waals surface area contributed by atoms with Crippen LogP contribution in [-0.4, -0.2) is 65.9 Å². The van der Waals surface area contributed by atoms with Crippen LogP contribution in [0.1, 0.15) is 66.7 Å². The first-order valence-electron chi connectivity index (χ1n) is 15.0. The molecule has 0 saturated carbocycles. The van der Waals surface area contributed by atoms with Crippen molar-refractivity contribution in [3.63, 3.8) is 0 Å². The van der Waals surface area contributed by atoms with Crippen molar-refractivity contribution in [2.75, 3.05) is 7.11 Å². The number of ether oxygens (including phenoxy) is 2. The zero-order chi connectivity index (χ0) is 32.8. The highest BCUT2D eigenvalue weighted by Crippen LogP contribution is 2.24. The number of aliphatic hydroxyl groups is 1. The zero-order valence-corrected chi connectivity index (χ0v) is 26.5. The molecular weight excluding hydrogens is 564 g/mol. The van der Waals surface area contributed by atoms with E-state index in [9.17, 15) is 29.1 Å². The fourth-order valence-electron chi connectivity index (χ4n) is 4.71. The van der Waals surface area contributed by atoms with Crippen molar-refractivity contribution < 1.29 is 38.6 Å². The van der Waals surface area contributed by atoms with E-state index >= 15 is 0 Å². The van der Waals surface area contributed by atoms with E-state index in [0.717, 1.165) is 6.08 Å². The monoisotopic (exact) mass is 610 g/mol. The molecule has 1 aliphatic carbocycles. The summed E-state index contributed by atoms with van der Waals surface area (Å²) in [6.07, 6.45) is 13.5. The van der Waals surface area contributed by atoms with Gasteiger partial charge in [0.05, 0.1) is 24.3 Å². The number of esters is 1. The molecule has 0 aromatic heterocycles. The van der Waals surface area contributed by atoms with Gasteiger partial charge in [-0.2, -0.15) is 0 Å². The van der Waals surface area contributed by atoms with Crippen LogP contribution in [-0.2, 0) is 33.4 Å². The average Bonchev–Trinajstić information content (AvgIpc) is 2.95. The fraction of sp³-hybridized carbons (Fsp3) is 0.500. The summed E-state index contributed by atoms with van der Waals surface area (Å²) in [7, 11) is 1.46. The van der Waals surface area contributed by atoms with Gasteiger partial charge in [-0.15, -0.1) is 0 Å². The third-order valence-corrected chi connectivity index (χ3v) is 7.29. The van der Waals surface area contributed by atoms with Crippen LogP contribution in [0, 0.1) is 11.8 Å². The standard InChI is InChI=1S/C34H46N2O8/c1-21(2)17-30(38)35-24(5)34(42)44-29-16-11-9-7-8-10-15-27(43-6)20-31(39)36-28-19-26(37)18-25(33(28)41)14-12-13-22(3)32(40)23(29)4/h7-11,13,15,18-19,21,23-24,27,29,32,40H,12,14,16-17,20H2,1-6H3,(H,35,38)(H,36,39)/t23-,24-,27-,29+,32-/m1/s1. The van der Waals surface area contributed by atoms with Crippen LogP contribution in [0.25, 0.3) is 0 Å². The Morgan fingerprint density at radius 1 is 1.09 bits per heavy atom. The van der Waals surface area contributed by atoms with Gasteiger partial charge in [0.2, 0.25) is 17.6 Å². The second-order valence-electron chi connectivity index (χ2n) is 11.6. The summed E-state index contributed by atoms with van der Waals surface area (Å²) in [5.74, 6) is -2.52. The summed E-state index contributed by atoms with van der Waals surface area (Å²) in [5, 5.41) is 16.4. The highest BCUT2D eigenvalue weighted by molar-refractivity contribution is 6.21. The van der Waals surface area contributed by atoms with Gasteiger partial charge in [0.1, 0.15) is 12.1 Å². The van der Waals surface area contributed by atoms with E-state index < -0.39 is 53.7 Å². The number of fused-ring (bicyclic) bond motifs is 2. The lowest BCUT2D eigenvalue weighted by molar-refractivity contribution is -0.156. The lowest BCUT2D eigenvalue weighted by Gasteiger charge is -2.29. The highest BCUT2D eigenvalue weighted by atomic mass is 16.5. The van der Waals surface area contributed by atoms with Crippen LogP contribution in [0.3, 0.4) is 0 Å². The Labute approximate surface area is 260 Å². The molecule has 0 spiro atoms. The van der Waals surface area contributed by atoms with Crippen LogP contribution in [0.2, 0.25) is 0 Å². The molecule has 2 amide bonds. The third kappa shape index (κ3) is 12.0. The number of nitrogens with one attached hydrogen (secondary N) is 2. The van der Waals surface area contributed by atoms with Gasteiger partial charge < -0.3 is 25.2 Å². The van der Waals surface area contributed by atoms with Gasteiger partial charge in [0.25, 0.3) is 0 Å². The number of aliphatic hydroxyl groups excluding tert-OH is 1. The maximum Gasteiger partial charge on any atom is 0.328 e. The SMILES string of the molecule is CO[C@@H]1C=CC=CC=CC[C@H](OC(=O)[C@@H](C)NC(=O)CC(C)C)[C@@H](C)[C@H](O)C(C)=CCCC2=CC(=O)C=C(NC(=O)C1)C2=O. The minimum absolute atomic E-state index is 0.0599. The quantitative estimate of drug-likeness (QED) is 0.234. The Kier molecular flexibility index (Phi) is 14.9. The molecule has 0 radical (unpaired) electrons. The minimum atomic E-state index is -0.974. The molecular formula is C34H46N2O8. The number of carbonyl (C=O) groups is 5. The Bertz CT molecular complexity index is 1250. The van der Waals surface area contributed by atoms with E-state index in [1.807, 2.05) is 19.9 Å². The Balaban J connectivity index is 2.31. The molecule has 2 aliphatic rings. The first-order valence-corrected chi connectivity index (χ1v) is 15.0. The summed E-state index contributed by atoms with van der Waals surface area (Å²) in [6.45, 7) is 8.91. The Hall–Kier alpha value is -3.89. The van der Waals surface area contributed by atoms with Gasteiger partial charge in [-0.3, -0.25) is 19.2 Å². The maximum atomic E-state index is 13.0. The summed E-state index contributed by atoms with van der Waals surface area (Å²) in [6, 6.07) is -0.862. The smallest absolute Gasteiger partial charge is 0.328 e. The molecule has 2 rings (SSSR count). The number of methoxy groups -OCH3 is 1. The second-order valence-corrected chi connectivity index (χ2v) is 11.6. The first kappa shape index (κ1) is 36.3. The van der Waals surface area contributed by atoms with Crippen molar-refractivity contribution in [3.8, 4) is 0 Å². The van der Waals surface area contributed by atoms with E-state index in [-0.39, 0.29) is 42.4 Å². The van der Waals surface area contributed by atoms with Crippen LogP contribution >= 0.6 is 0 Å². The fourth-order valence-corrected chi connectivity index (χ4v) is 4.71. The number of carbonyl (C=O) groups excluding carboxylic acids is 5. The minimum Gasteiger partial charge on any atom is -0.460 e. The van der Waals surface area contributed by atoms with Crippen molar-refractivity contribution in [1.82, 2.24) is 10.6 Å². The molecule has 0 fully saturated rings. The Morgan fingerprint density at radius 2 is 1.80 bits per heavy atom. The number of amides is 2. The lowest BCUT2D eigenvalue weighted by Crippen LogP contribution is -2.43. The maximum absolute atomic E-state index is 13.0. The van der Waals surface area contributed by atoms with E-state index in [2.05, 4.69) is 10.6 Å². The summed E-state index contributed by atoms with van der Waals surface area (Å²) < 4.78 is 11.2. The molecule has 1 aliphatic heterocycles. The summed E-state index contributed by atoms with van der Waals surface area (Å²) in [4.78, 5) is 63.0. The van der Waals surface area contributed by atoms with Gasteiger partial charge in [-0.1, -0.05) is 63.3 Å². The number of ketones is 2. The molecule has 44 heavy (non-hydrogen) atoms. The highest BCUT2D eigenvalue weighted by Gasteiger charge is 2.30. The van der Waals surface area contributed by atoms with Crippen LogP contribution in [0.15, 0.2) is 71.5 Å². The van der Waals surface area contributed by atoms with Crippen molar-refractivity contribution in [3.05, 3.63) is 71.5 Å². The average molecular weight is 611 g/mol.